The SMILES string of the molecule is COC(=O)[C@@H]1C[C@@H]2CCCC[C@@H]2N1C(=O)c1ccc([N+](=O)[O-])cc1. The minimum Gasteiger partial charge on any atom is -0.467 e. The Bertz CT molecular complexity index is 657. The Balaban J connectivity index is 1.89. The summed E-state index contributed by atoms with van der Waals surface area (Å²) in [4.78, 5) is 37.0. The van der Waals surface area contributed by atoms with E-state index in [9.17, 15) is 19.7 Å². The summed E-state index contributed by atoms with van der Waals surface area (Å²) >= 11 is 0. The average Bonchev–Trinajstić information content (AvgIpc) is 3.00. The lowest BCUT2D eigenvalue weighted by molar-refractivity contribution is -0.384. The van der Waals surface area contributed by atoms with Crippen LogP contribution in [-0.4, -0.2) is 40.9 Å². The maximum Gasteiger partial charge on any atom is 0.328 e. The Hall–Kier alpha value is -2.44. The number of non-ortho nitro benzene ring substituents is 1. The number of amides is 1. The van der Waals surface area contributed by atoms with Crippen molar-refractivity contribution in [3.05, 3.63) is 39.9 Å². The number of hydrogen-bond acceptors (Lipinski definition) is 5. The molecule has 7 heteroatoms. The van der Waals surface area contributed by atoms with E-state index in [1.165, 1.54) is 31.4 Å². The van der Waals surface area contributed by atoms with Crippen molar-refractivity contribution in [3.63, 3.8) is 0 Å². The summed E-state index contributed by atoms with van der Waals surface area (Å²) in [5.41, 5.74) is 0.300. The Morgan fingerprint density at radius 1 is 1.21 bits per heavy atom. The van der Waals surface area contributed by atoms with Crippen LogP contribution >= 0.6 is 0 Å². The van der Waals surface area contributed by atoms with Gasteiger partial charge in [0.05, 0.1) is 12.0 Å². The van der Waals surface area contributed by atoms with Gasteiger partial charge in [0.15, 0.2) is 0 Å². The summed E-state index contributed by atoms with van der Waals surface area (Å²) in [7, 11) is 1.33. The number of benzene rings is 1. The van der Waals surface area contributed by atoms with Gasteiger partial charge in [0.25, 0.3) is 11.6 Å². The van der Waals surface area contributed by atoms with Crippen LogP contribution in [0.3, 0.4) is 0 Å². The molecule has 0 spiro atoms. The Morgan fingerprint density at radius 3 is 2.50 bits per heavy atom. The second kappa shape index (κ2) is 6.59. The van der Waals surface area contributed by atoms with Gasteiger partial charge in [0.2, 0.25) is 0 Å². The van der Waals surface area contributed by atoms with Crippen LogP contribution in [0.5, 0.6) is 0 Å². The zero-order valence-corrected chi connectivity index (χ0v) is 13.5. The molecule has 3 rings (SSSR count). The molecule has 1 heterocycles. The van der Waals surface area contributed by atoms with Crippen LogP contribution in [0, 0.1) is 16.0 Å². The maximum absolute atomic E-state index is 13.0. The lowest BCUT2D eigenvalue weighted by Gasteiger charge is -2.33. The smallest absolute Gasteiger partial charge is 0.328 e. The highest BCUT2D eigenvalue weighted by Crippen LogP contribution is 2.40. The highest BCUT2D eigenvalue weighted by atomic mass is 16.6. The maximum atomic E-state index is 13.0. The number of likely N-dealkylation sites (tertiary alicyclic amines) is 1. The molecule has 1 aromatic carbocycles. The predicted octanol–water partition coefficient (Wildman–Crippen LogP) is 2.54. The van der Waals surface area contributed by atoms with E-state index in [0.29, 0.717) is 17.9 Å². The third-order valence-electron chi connectivity index (χ3n) is 5.12. The van der Waals surface area contributed by atoms with Crippen LogP contribution < -0.4 is 0 Å². The topological polar surface area (TPSA) is 89.8 Å². The summed E-state index contributed by atoms with van der Waals surface area (Å²) in [5.74, 6) is -0.320. The van der Waals surface area contributed by atoms with Crippen LogP contribution in [0.25, 0.3) is 0 Å². The van der Waals surface area contributed by atoms with Crippen LogP contribution in [0.4, 0.5) is 5.69 Å². The standard InChI is InChI=1S/C17H20N2O5/c1-24-17(21)15-10-12-4-2-3-5-14(12)18(15)16(20)11-6-8-13(9-7-11)19(22)23/h6-9,12,14-15H,2-5,10H2,1H3/t12-,14-,15-/m0/s1. The van der Waals surface area contributed by atoms with Gasteiger partial charge in [-0.3, -0.25) is 14.9 Å². The van der Waals surface area contributed by atoms with Gasteiger partial charge < -0.3 is 9.64 Å². The molecule has 1 saturated carbocycles. The minimum absolute atomic E-state index is 0.0468. The van der Waals surface area contributed by atoms with E-state index in [4.69, 9.17) is 4.74 Å². The van der Waals surface area contributed by atoms with Gasteiger partial charge in [-0.25, -0.2) is 4.79 Å². The van der Waals surface area contributed by atoms with E-state index < -0.39 is 11.0 Å². The van der Waals surface area contributed by atoms with Gasteiger partial charge in [0.1, 0.15) is 6.04 Å². The molecular formula is C17H20N2O5. The van der Waals surface area contributed by atoms with E-state index in [-0.39, 0.29) is 23.6 Å². The third-order valence-corrected chi connectivity index (χ3v) is 5.12. The molecule has 1 saturated heterocycles. The molecule has 7 nitrogen and oxygen atoms in total. The molecule has 3 atom stereocenters. The average molecular weight is 332 g/mol. The van der Waals surface area contributed by atoms with Crippen molar-refractivity contribution in [2.24, 2.45) is 5.92 Å². The molecule has 1 aromatic rings. The first kappa shape index (κ1) is 16.4. The fourth-order valence-corrected chi connectivity index (χ4v) is 3.97. The first-order chi connectivity index (χ1) is 11.5. The van der Waals surface area contributed by atoms with Crippen molar-refractivity contribution in [1.29, 1.82) is 0 Å². The molecule has 128 valence electrons. The number of nitro groups is 1. The highest BCUT2D eigenvalue weighted by molar-refractivity contribution is 5.97. The fourth-order valence-electron chi connectivity index (χ4n) is 3.97. The molecule has 0 unspecified atom stereocenters. The van der Waals surface area contributed by atoms with Gasteiger partial charge >= 0.3 is 5.97 Å². The predicted molar refractivity (Wildman–Crippen MR) is 85.4 cm³/mol. The monoisotopic (exact) mass is 332 g/mol. The van der Waals surface area contributed by atoms with Gasteiger partial charge in [-0.2, -0.15) is 0 Å². The minimum atomic E-state index is -0.564. The van der Waals surface area contributed by atoms with Gasteiger partial charge in [-0.1, -0.05) is 12.8 Å². The second-order valence-corrected chi connectivity index (χ2v) is 6.40. The summed E-state index contributed by atoms with van der Waals surface area (Å²) in [6.07, 6.45) is 4.70. The summed E-state index contributed by atoms with van der Waals surface area (Å²) in [5, 5.41) is 10.8. The van der Waals surface area contributed by atoms with Crippen LogP contribution in [-0.2, 0) is 9.53 Å². The molecule has 1 amide bonds. The third kappa shape index (κ3) is 2.86. The normalized spacial score (nSPS) is 25.9. The van der Waals surface area contributed by atoms with Crippen molar-refractivity contribution in [1.82, 2.24) is 4.90 Å². The van der Waals surface area contributed by atoms with E-state index in [0.717, 1.165) is 25.7 Å². The number of rotatable bonds is 3. The second-order valence-electron chi connectivity index (χ2n) is 6.40. The molecule has 0 N–H and O–H groups in total. The summed E-state index contributed by atoms with van der Waals surface area (Å²) in [6, 6.07) is 5.01. The van der Waals surface area contributed by atoms with E-state index in [1.807, 2.05) is 0 Å². The zero-order valence-electron chi connectivity index (χ0n) is 13.5. The zero-order chi connectivity index (χ0) is 17.3. The number of hydrogen-bond donors (Lipinski definition) is 0. The fraction of sp³-hybridized carbons (Fsp3) is 0.529. The Labute approximate surface area is 139 Å². The summed E-state index contributed by atoms with van der Waals surface area (Å²) in [6.45, 7) is 0. The van der Waals surface area contributed by atoms with Crippen molar-refractivity contribution in [2.45, 2.75) is 44.2 Å². The first-order valence-corrected chi connectivity index (χ1v) is 8.18. The number of esters is 1. The number of nitro benzene ring substituents is 1. The lowest BCUT2D eigenvalue weighted by atomic mass is 9.84. The molecule has 24 heavy (non-hydrogen) atoms. The van der Waals surface area contributed by atoms with E-state index >= 15 is 0 Å². The van der Waals surface area contributed by atoms with Crippen LogP contribution in [0.15, 0.2) is 24.3 Å². The van der Waals surface area contributed by atoms with Gasteiger partial charge in [-0.15, -0.1) is 0 Å². The largest absolute Gasteiger partial charge is 0.467 e. The molecule has 2 aliphatic rings. The van der Waals surface area contributed by atoms with Crippen LogP contribution in [0.1, 0.15) is 42.5 Å². The van der Waals surface area contributed by atoms with E-state index in [1.54, 1.807) is 4.90 Å². The lowest BCUT2D eigenvalue weighted by Crippen LogP contribution is -2.46. The first-order valence-electron chi connectivity index (χ1n) is 8.18. The number of nitrogens with zero attached hydrogens (tertiary/aromatic N) is 2. The van der Waals surface area contributed by atoms with Crippen molar-refractivity contribution in [3.8, 4) is 0 Å². The molecule has 0 radical (unpaired) electrons. The van der Waals surface area contributed by atoms with Crippen molar-refractivity contribution >= 4 is 17.6 Å². The molecule has 0 aromatic heterocycles. The quantitative estimate of drug-likeness (QED) is 0.482. The van der Waals surface area contributed by atoms with Crippen molar-refractivity contribution in [2.75, 3.05) is 7.11 Å². The van der Waals surface area contributed by atoms with Gasteiger partial charge in [0, 0.05) is 23.7 Å². The molecular weight excluding hydrogens is 312 g/mol. The molecule has 1 aliphatic carbocycles. The van der Waals surface area contributed by atoms with Crippen molar-refractivity contribution < 1.29 is 19.2 Å². The van der Waals surface area contributed by atoms with Gasteiger partial charge in [-0.05, 0) is 37.3 Å². The number of carbonyl (C=O) groups excluding carboxylic acids is 2. The molecule has 2 fully saturated rings. The van der Waals surface area contributed by atoms with Crippen LogP contribution in [0.2, 0.25) is 0 Å². The molecule has 0 bridgehead atoms. The Kier molecular flexibility index (Phi) is 4.51. The Morgan fingerprint density at radius 2 is 1.88 bits per heavy atom. The number of carbonyl (C=O) groups is 2. The van der Waals surface area contributed by atoms with E-state index in [2.05, 4.69) is 0 Å². The highest BCUT2D eigenvalue weighted by Gasteiger charge is 2.48. The number of ether oxygens (including phenoxy) is 1. The summed E-state index contributed by atoms with van der Waals surface area (Å²) < 4.78 is 4.88. The number of methoxy groups -OCH3 is 1. The molecule has 1 aliphatic heterocycles. The number of fused-ring (bicyclic) bond motifs is 1.